The summed E-state index contributed by atoms with van der Waals surface area (Å²) >= 11 is 0. The molecule has 28 heavy (non-hydrogen) atoms. The topological polar surface area (TPSA) is 96.0 Å². The van der Waals surface area contributed by atoms with E-state index in [1.807, 2.05) is 33.8 Å². The van der Waals surface area contributed by atoms with Crippen molar-refractivity contribution < 1.29 is 23.9 Å². The van der Waals surface area contributed by atoms with E-state index >= 15 is 0 Å². The minimum absolute atomic E-state index is 0.140. The first-order valence-electron chi connectivity index (χ1n) is 9.25. The summed E-state index contributed by atoms with van der Waals surface area (Å²) < 4.78 is 5.28. The summed E-state index contributed by atoms with van der Waals surface area (Å²) in [5.74, 6) is -2.00. The molecule has 1 aromatic carbocycles. The number of amides is 5. The fourth-order valence-electron chi connectivity index (χ4n) is 2.81. The zero-order valence-corrected chi connectivity index (χ0v) is 17.0. The summed E-state index contributed by atoms with van der Waals surface area (Å²) in [6, 6.07) is 4.70. The zero-order chi connectivity index (χ0) is 21.1. The van der Waals surface area contributed by atoms with E-state index < -0.39 is 30.3 Å². The molecule has 1 aliphatic heterocycles. The second-order valence-electron chi connectivity index (χ2n) is 7.70. The van der Waals surface area contributed by atoms with E-state index in [1.165, 1.54) is 7.11 Å². The largest absolute Gasteiger partial charge is 0.495 e. The molecule has 1 saturated heterocycles. The lowest BCUT2D eigenvalue weighted by Crippen LogP contribution is -2.39. The van der Waals surface area contributed by atoms with Gasteiger partial charge in [-0.25, -0.2) is 9.69 Å². The van der Waals surface area contributed by atoms with Crippen molar-refractivity contribution in [2.75, 3.05) is 25.5 Å². The van der Waals surface area contributed by atoms with Crippen LogP contribution in [-0.2, 0) is 19.8 Å². The van der Waals surface area contributed by atoms with Gasteiger partial charge in [-0.05, 0) is 29.5 Å². The van der Waals surface area contributed by atoms with Crippen LogP contribution in [0.25, 0.3) is 0 Å². The predicted molar refractivity (Wildman–Crippen MR) is 104 cm³/mol. The molecule has 0 aliphatic carbocycles. The number of hydrogen-bond acceptors (Lipinski definition) is 5. The van der Waals surface area contributed by atoms with Crippen LogP contribution in [0.1, 0.15) is 46.1 Å². The SMILES string of the molecule is CCCCN1C(=O)C(=O)N(CC(=O)Nc2cc(C(C)(C)C)ccc2OC)C1=O. The zero-order valence-electron chi connectivity index (χ0n) is 17.0. The van der Waals surface area contributed by atoms with Gasteiger partial charge < -0.3 is 10.1 Å². The normalized spacial score (nSPS) is 14.7. The minimum Gasteiger partial charge on any atom is -0.495 e. The van der Waals surface area contributed by atoms with Gasteiger partial charge in [0.2, 0.25) is 5.91 Å². The summed E-state index contributed by atoms with van der Waals surface area (Å²) in [5, 5.41) is 2.67. The average Bonchev–Trinajstić information content (AvgIpc) is 2.82. The van der Waals surface area contributed by atoms with Gasteiger partial charge >= 0.3 is 17.8 Å². The van der Waals surface area contributed by atoms with Crippen LogP contribution < -0.4 is 10.1 Å². The number of imide groups is 2. The Bertz CT molecular complexity index is 798. The molecule has 1 fully saturated rings. The predicted octanol–water partition coefficient (Wildman–Crippen LogP) is 2.52. The van der Waals surface area contributed by atoms with Crippen molar-refractivity contribution in [3.05, 3.63) is 23.8 Å². The minimum atomic E-state index is -0.980. The number of hydrogen-bond donors (Lipinski definition) is 1. The van der Waals surface area contributed by atoms with Gasteiger partial charge in [-0.2, -0.15) is 0 Å². The second-order valence-corrected chi connectivity index (χ2v) is 7.70. The Morgan fingerprint density at radius 1 is 1.11 bits per heavy atom. The van der Waals surface area contributed by atoms with Crippen molar-refractivity contribution in [3.8, 4) is 5.75 Å². The molecule has 0 bridgehead atoms. The van der Waals surface area contributed by atoms with Crippen molar-refractivity contribution in [2.24, 2.45) is 0 Å². The van der Waals surface area contributed by atoms with Gasteiger partial charge in [-0.1, -0.05) is 40.2 Å². The van der Waals surface area contributed by atoms with Gasteiger partial charge in [0.15, 0.2) is 0 Å². The Balaban J connectivity index is 2.15. The highest BCUT2D eigenvalue weighted by atomic mass is 16.5. The Hall–Kier alpha value is -2.90. The van der Waals surface area contributed by atoms with Crippen LogP contribution in [0.5, 0.6) is 5.75 Å². The monoisotopic (exact) mass is 389 g/mol. The molecule has 8 nitrogen and oxygen atoms in total. The fourth-order valence-corrected chi connectivity index (χ4v) is 2.81. The van der Waals surface area contributed by atoms with E-state index in [-0.39, 0.29) is 12.0 Å². The van der Waals surface area contributed by atoms with E-state index in [1.54, 1.807) is 12.1 Å². The molecular formula is C20H27N3O5. The summed E-state index contributed by atoms with van der Waals surface area (Å²) in [7, 11) is 1.49. The van der Waals surface area contributed by atoms with E-state index in [4.69, 9.17) is 4.74 Å². The van der Waals surface area contributed by atoms with Crippen LogP contribution >= 0.6 is 0 Å². The quantitative estimate of drug-likeness (QED) is 0.571. The van der Waals surface area contributed by atoms with Crippen molar-refractivity contribution in [2.45, 2.75) is 46.0 Å². The Morgan fingerprint density at radius 2 is 1.75 bits per heavy atom. The number of unbranched alkanes of at least 4 members (excludes halogenated alkanes) is 1. The smallest absolute Gasteiger partial charge is 0.334 e. The molecule has 1 aromatic rings. The summed E-state index contributed by atoms with van der Waals surface area (Å²) in [6.07, 6.45) is 1.37. The first-order chi connectivity index (χ1) is 13.1. The third kappa shape index (κ3) is 4.49. The molecule has 1 aliphatic rings. The number of benzene rings is 1. The van der Waals surface area contributed by atoms with Gasteiger partial charge in [0.05, 0.1) is 12.8 Å². The number of rotatable bonds is 7. The first-order valence-corrected chi connectivity index (χ1v) is 9.25. The summed E-state index contributed by atoms with van der Waals surface area (Å²) in [4.78, 5) is 50.5. The van der Waals surface area contributed by atoms with E-state index in [9.17, 15) is 19.2 Å². The summed E-state index contributed by atoms with van der Waals surface area (Å²) in [5.41, 5.74) is 1.28. The maximum absolute atomic E-state index is 12.5. The molecule has 0 unspecified atom stereocenters. The number of carbonyl (C=O) groups excluding carboxylic acids is 4. The lowest BCUT2D eigenvalue weighted by molar-refractivity contribution is -0.143. The van der Waals surface area contributed by atoms with Crippen LogP contribution in [-0.4, -0.2) is 53.8 Å². The van der Waals surface area contributed by atoms with Crippen LogP contribution in [0.2, 0.25) is 0 Å². The standard InChI is InChI=1S/C20H27N3O5/c1-6-7-10-22-17(25)18(26)23(19(22)27)12-16(24)21-14-11-13(20(2,3)4)8-9-15(14)28-5/h8-9,11H,6-7,10,12H2,1-5H3,(H,21,24). The van der Waals surface area contributed by atoms with Crippen molar-refractivity contribution in [3.63, 3.8) is 0 Å². The number of anilines is 1. The second kappa shape index (κ2) is 8.41. The fraction of sp³-hybridized carbons (Fsp3) is 0.500. The van der Waals surface area contributed by atoms with Crippen molar-refractivity contribution in [1.82, 2.24) is 9.80 Å². The van der Waals surface area contributed by atoms with Gasteiger partial charge in [-0.15, -0.1) is 0 Å². The number of ether oxygens (including phenoxy) is 1. The highest BCUT2D eigenvalue weighted by Crippen LogP contribution is 2.31. The molecule has 0 aromatic heterocycles. The number of urea groups is 1. The van der Waals surface area contributed by atoms with E-state index in [0.717, 1.165) is 16.9 Å². The van der Waals surface area contributed by atoms with Gasteiger partial charge in [0, 0.05) is 6.54 Å². The van der Waals surface area contributed by atoms with E-state index in [0.29, 0.717) is 22.8 Å². The van der Waals surface area contributed by atoms with Crippen molar-refractivity contribution >= 4 is 29.4 Å². The van der Waals surface area contributed by atoms with Crippen LogP contribution in [0, 0.1) is 0 Å². The number of nitrogens with zero attached hydrogens (tertiary/aromatic N) is 2. The molecule has 0 atom stereocenters. The summed E-state index contributed by atoms with van der Waals surface area (Å²) in [6.45, 7) is 7.67. The molecular weight excluding hydrogens is 362 g/mol. The Kier molecular flexibility index (Phi) is 6.43. The Morgan fingerprint density at radius 3 is 2.32 bits per heavy atom. The molecule has 1 heterocycles. The van der Waals surface area contributed by atoms with E-state index in [2.05, 4.69) is 5.32 Å². The molecule has 0 radical (unpaired) electrons. The third-order valence-electron chi connectivity index (χ3n) is 4.51. The molecule has 1 N–H and O–H groups in total. The highest BCUT2D eigenvalue weighted by Gasteiger charge is 2.44. The maximum Gasteiger partial charge on any atom is 0.334 e. The lowest BCUT2D eigenvalue weighted by atomic mass is 9.87. The van der Waals surface area contributed by atoms with Gasteiger partial charge in [0.25, 0.3) is 0 Å². The lowest BCUT2D eigenvalue weighted by Gasteiger charge is -2.21. The molecule has 2 rings (SSSR count). The Labute approximate surface area is 164 Å². The molecule has 8 heteroatoms. The van der Waals surface area contributed by atoms with Crippen molar-refractivity contribution in [1.29, 1.82) is 0 Å². The molecule has 152 valence electrons. The first kappa shape index (κ1) is 21.4. The maximum atomic E-state index is 12.5. The van der Waals surface area contributed by atoms with Crippen LogP contribution in [0.3, 0.4) is 0 Å². The molecule has 0 spiro atoms. The number of carbonyl (C=O) groups is 4. The number of nitrogens with one attached hydrogen (secondary N) is 1. The van der Waals surface area contributed by atoms with Gasteiger partial charge in [-0.3, -0.25) is 19.3 Å². The third-order valence-corrected chi connectivity index (χ3v) is 4.51. The number of methoxy groups -OCH3 is 1. The molecule has 5 amide bonds. The average molecular weight is 389 g/mol. The van der Waals surface area contributed by atoms with Crippen LogP contribution in [0.4, 0.5) is 10.5 Å². The molecule has 0 saturated carbocycles. The highest BCUT2D eigenvalue weighted by molar-refractivity contribution is 6.45. The van der Waals surface area contributed by atoms with Crippen LogP contribution in [0.15, 0.2) is 18.2 Å². The van der Waals surface area contributed by atoms with Gasteiger partial charge in [0.1, 0.15) is 12.3 Å².